The predicted molar refractivity (Wildman–Crippen MR) is 64.5 cm³/mol. The molecule has 0 aliphatic rings. The van der Waals surface area contributed by atoms with Gasteiger partial charge < -0.3 is 10.2 Å². The van der Waals surface area contributed by atoms with Crippen molar-refractivity contribution >= 4 is 16.0 Å². The van der Waals surface area contributed by atoms with Gasteiger partial charge in [-0.05, 0) is 19.1 Å². The summed E-state index contributed by atoms with van der Waals surface area (Å²) in [7, 11) is -3.73. The molecule has 0 fully saturated rings. The Morgan fingerprint density at radius 3 is 2.39 bits per heavy atom. The van der Waals surface area contributed by atoms with Crippen LogP contribution in [0, 0.1) is 0 Å². The fraction of sp³-hybridized carbons (Fsp3) is 0.364. The fourth-order valence-electron chi connectivity index (χ4n) is 1.32. The molecule has 7 heteroatoms. The number of aliphatic hydroxyl groups is 1. The molecular formula is C11H15NO5S. The molecule has 0 heterocycles. The molecule has 0 amide bonds. The number of hydrogen-bond donors (Lipinski definition) is 3. The Bertz CT molecular complexity index is 509. The summed E-state index contributed by atoms with van der Waals surface area (Å²) in [6, 6.07) is 7.65. The second kappa shape index (κ2) is 5.47. The highest BCUT2D eigenvalue weighted by atomic mass is 32.2. The standard InChI is InChI=1S/C11H15NO5S/c1-11(15,7-10(13)14)8-12-18(16,17)9-5-3-2-4-6-9/h2-6,12,15H,7-8H2,1H3,(H,13,14). The first-order chi connectivity index (χ1) is 8.23. The molecule has 6 nitrogen and oxygen atoms in total. The number of aliphatic carboxylic acids is 1. The van der Waals surface area contributed by atoms with Crippen LogP contribution in [0.25, 0.3) is 0 Å². The summed E-state index contributed by atoms with van der Waals surface area (Å²) in [5, 5.41) is 18.2. The molecule has 0 spiro atoms. The number of carboxylic acids is 1. The summed E-state index contributed by atoms with van der Waals surface area (Å²) in [6.45, 7) is 0.894. The van der Waals surface area contributed by atoms with Crippen LogP contribution in [0.4, 0.5) is 0 Å². The molecule has 1 atom stereocenters. The second-order valence-electron chi connectivity index (χ2n) is 4.21. The lowest BCUT2D eigenvalue weighted by Gasteiger charge is -2.21. The summed E-state index contributed by atoms with van der Waals surface area (Å²) in [4.78, 5) is 10.5. The number of carbonyl (C=O) groups is 1. The van der Waals surface area contributed by atoms with Gasteiger partial charge in [0.2, 0.25) is 10.0 Å². The average Bonchev–Trinajstić information content (AvgIpc) is 2.26. The number of benzene rings is 1. The van der Waals surface area contributed by atoms with Crippen molar-refractivity contribution in [3.8, 4) is 0 Å². The van der Waals surface area contributed by atoms with Crippen molar-refractivity contribution in [1.82, 2.24) is 4.72 Å². The molecule has 0 bridgehead atoms. The van der Waals surface area contributed by atoms with Gasteiger partial charge in [-0.1, -0.05) is 18.2 Å². The Hall–Kier alpha value is -1.44. The quantitative estimate of drug-likeness (QED) is 0.686. The largest absolute Gasteiger partial charge is 0.481 e. The normalized spacial score (nSPS) is 15.0. The zero-order chi connectivity index (χ0) is 13.8. The zero-order valence-corrected chi connectivity index (χ0v) is 10.6. The van der Waals surface area contributed by atoms with E-state index in [0.717, 1.165) is 0 Å². The zero-order valence-electron chi connectivity index (χ0n) is 9.83. The topological polar surface area (TPSA) is 104 Å². The lowest BCUT2D eigenvalue weighted by molar-refractivity contribution is -0.141. The molecule has 0 radical (unpaired) electrons. The lowest BCUT2D eigenvalue weighted by atomic mass is 10.0. The third-order valence-electron chi connectivity index (χ3n) is 2.23. The number of hydrogen-bond acceptors (Lipinski definition) is 4. The van der Waals surface area contributed by atoms with Crippen molar-refractivity contribution in [2.24, 2.45) is 0 Å². The van der Waals surface area contributed by atoms with Crippen LogP contribution in [0.1, 0.15) is 13.3 Å². The highest BCUT2D eigenvalue weighted by Gasteiger charge is 2.26. The van der Waals surface area contributed by atoms with Gasteiger partial charge in [-0.15, -0.1) is 0 Å². The van der Waals surface area contributed by atoms with Crippen LogP contribution in [0.3, 0.4) is 0 Å². The SMILES string of the molecule is CC(O)(CNS(=O)(=O)c1ccccc1)CC(=O)O. The van der Waals surface area contributed by atoms with Crippen molar-refractivity contribution in [3.05, 3.63) is 30.3 Å². The van der Waals surface area contributed by atoms with Gasteiger partial charge >= 0.3 is 5.97 Å². The molecule has 3 N–H and O–H groups in total. The Morgan fingerprint density at radius 1 is 1.33 bits per heavy atom. The van der Waals surface area contributed by atoms with E-state index in [1.165, 1.54) is 19.1 Å². The Balaban J connectivity index is 2.71. The van der Waals surface area contributed by atoms with Crippen LogP contribution < -0.4 is 4.72 Å². The Morgan fingerprint density at radius 2 is 1.89 bits per heavy atom. The smallest absolute Gasteiger partial charge is 0.306 e. The minimum Gasteiger partial charge on any atom is -0.481 e. The monoisotopic (exact) mass is 273 g/mol. The van der Waals surface area contributed by atoms with Gasteiger partial charge in [-0.2, -0.15) is 0 Å². The number of sulfonamides is 1. The predicted octanol–water partition coefficient (Wildman–Crippen LogP) is 0.191. The summed E-state index contributed by atoms with van der Waals surface area (Å²) >= 11 is 0. The van der Waals surface area contributed by atoms with E-state index >= 15 is 0 Å². The van der Waals surface area contributed by atoms with E-state index in [1.54, 1.807) is 18.2 Å². The van der Waals surface area contributed by atoms with E-state index in [9.17, 15) is 18.3 Å². The molecule has 0 saturated heterocycles. The van der Waals surface area contributed by atoms with Crippen LogP contribution in [-0.4, -0.2) is 36.7 Å². The van der Waals surface area contributed by atoms with Crippen LogP contribution >= 0.6 is 0 Å². The van der Waals surface area contributed by atoms with Gasteiger partial charge in [0.15, 0.2) is 0 Å². The molecule has 18 heavy (non-hydrogen) atoms. The molecule has 100 valence electrons. The molecule has 0 saturated carbocycles. The Kier molecular flexibility index (Phi) is 4.44. The average molecular weight is 273 g/mol. The number of rotatable bonds is 6. The van der Waals surface area contributed by atoms with Crippen LogP contribution in [-0.2, 0) is 14.8 Å². The van der Waals surface area contributed by atoms with E-state index in [4.69, 9.17) is 5.11 Å². The van der Waals surface area contributed by atoms with E-state index in [-0.39, 0.29) is 11.4 Å². The molecule has 0 aliphatic carbocycles. The van der Waals surface area contributed by atoms with E-state index in [2.05, 4.69) is 4.72 Å². The van der Waals surface area contributed by atoms with Crippen molar-refractivity contribution in [2.75, 3.05) is 6.54 Å². The van der Waals surface area contributed by atoms with Crippen LogP contribution in [0.2, 0.25) is 0 Å². The van der Waals surface area contributed by atoms with E-state index < -0.39 is 28.0 Å². The Labute approximate surface area is 105 Å². The fourth-order valence-corrected chi connectivity index (χ4v) is 2.50. The van der Waals surface area contributed by atoms with Crippen molar-refractivity contribution in [2.45, 2.75) is 23.8 Å². The first-order valence-corrected chi connectivity index (χ1v) is 6.70. The highest BCUT2D eigenvalue weighted by molar-refractivity contribution is 7.89. The van der Waals surface area contributed by atoms with Crippen LogP contribution in [0.5, 0.6) is 0 Å². The molecule has 0 aliphatic heterocycles. The van der Waals surface area contributed by atoms with Gasteiger partial charge in [-0.3, -0.25) is 4.79 Å². The third-order valence-corrected chi connectivity index (χ3v) is 3.65. The van der Waals surface area contributed by atoms with Crippen molar-refractivity contribution < 1.29 is 23.4 Å². The molecular weight excluding hydrogens is 258 g/mol. The molecule has 1 aromatic carbocycles. The summed E-state index contributed by atoms with van der Waals surface area (Å²) in [5.74, 6) is -1.20. The molecule has 1 unspecified atom stereocenters. The van der Waals surface area contributed by atoms with Gasteiger partial charge in [0.05, 0.1) is 16.9 Å². The van der Waals surface area contributed by atoms with E-state index in [1.807, 2.05) is 0 Å². The number of carboxylic acid groups (broad SMARTS) is 1. The van der Waals surface area contributed by atoms with Crippen molar-refractivity contribution in [1.29, 1.82) is 0 Å². The van der Waals surface area contributed by atoms with Gasteiger partial charge in [0.25, 0.3) is 0 Å². The van der Waals surface area contributed by atoms with Gasteiger partial charge in [-0.25, -0.2) is 13.1 Å². The maximum atomic E-state index is 11.8. The molecule has 1 rings (SSSR count). The summed E-state index contributed by atoms with van der Waals surface area (Å²) < 4.78 is 25.8. The summed E-state index contributed by atoms with van der Waals surface area (Å²) in [6.07, 6.45) is -0.537. The summed E-state index contributed by atoms with van der Waals surface area (Å²) in [5.41, 5.74) is -1.63. The molecule has 1 aromatic rings. The number of nitrogens with one attached hydrogen (secondary N) is 1. The third kappa shape index (κ3) is 4.44. The van der Waals surface area contributed by atoms with Gasteiger partial charge in [0.1, 0.15) is 0 Å². The minimum absolute atomic E-state index is 0.0659. The van der Waals surface area contributed by atoms with E-state index in [0.29, 0.717) is 0 Å². The lowest BCUT2D eigenvalue weighted by Crippen LogP contribution is -2.42. The van der Waals surface area contributed by atoms with Gasteiger partial charge in [0, 0.05) is 6.54 Å². The second-order valence-corrected chi connectivity index (χ2v) is 5.97. The first-order valence-electron chi connectivity index (χ1n) is 5.22. The molecule has 0 aromatic heterocycles. The highest BCUT2D eigenvalue weighted by Crippen LogP contribution is 2.11. The van der Waals surface area contributed by atoms with Crippen molar-refractivity contribution in [3.63, 3.8) is 0 Å². The maximum Gasteiger partial charge on any atom is 0.306 e. The van der Waals surface area contributed by atoms with Crippen LogP contribution in [0.15, 0.2) is 35.2 Å². The maximum absolute atomic E-state index is 11.8. The first kappa shape index (κ1) is 14.6. The minimum atomic E-state index is -3.73.